The molecule has 2 aliphatic heterocycles. The molecule has 4 heterocycles. The molecule has 1 saturated heterocycles. The molecular weight excluding hydrogens is 403 g/mol. The third-order valence-electron chi connectivity index (χ3n) is 5.12. The van der Waals surface area contributed by atoms with E-state index in [0.29, 0.717) is 35.9 Å². The van der Waals surface area contributed by atoms with Crippen LogP contribution in [0.25, 0.3) is 16.9 Å². The fourth-order valence-corrected chi connectivity index (χ4v) is 3.66. The van der Waals surface area contributed by atoms with Gasteiger partial charge in [-0.15, -0.1) is 0 Å². The third kappa shape index (κ3) is 3.50. The van der Waals surface area contributed by atoms with Gasteiger partial charge in [-0.2, -0.15) is 10.4 Å². The van der Waals surface area contributed by atoms with Crippen LogP contribution in [0, 0.1) is 17.1 Å². The second-order valence-corrected chi connectivity index (χ2v) is 6.98. The van der Waals surface area contributed by atoms with E-state index in [0.717, 1.165) is 7.11 Å². The number of β-amino-alcohol motifs (C(OH)–C–C–N with tert-alkyl or cyclic N) is 1. The second kappa shape index (κ2) is 8.14. The van der Waals surface area contributed by atoms with Crippen LogP contribution in [0.3, 0.4) is 0 Å². The number of aliphatic hydroxyl groups is 2. The number of carbonyl (C=O) groups is 1. The Kier molecular flexibility index (Phi) is 5.37. The summed E-state index contributed by atoms with van der Waals surface area (Å²) in [6, 6.07) is 9.62. The zero-order valence-corrected chi connectivity index (χ0v) is 16.6. The molecule has 0 spiro atoms. The van der Waals surface area contributed by atoms with Gasteiger partial charge >= 0.3 is 0 Å². The van der Waals surface area contributed by atoms with Gasteiger partial charge in [-0.3, -0.25) is 4.79 Å². The Balaban J connectivity index is 0.00000112. The van der Waals surface area contributed by atoms with Crippen LogP contribution in [0.2, 0.25) is 0 Å². The van der Waals surface area contributed by atoms with Gasteiger partial charge in [0, 0.05) is 32.5 Å². The van der Waals surface area contributed by atoms with Crippen molar-refractivity contribution in [3.63, 3.8) is 0 Å². The monoisotopic (exact) mass is 422 g/mol. The summed E-state index contributed by atoms with van der Waals surface area (Å²) in [5, 5.41) is 33.1. The van der Waals surface area contributed by atoms with E-state index in [1.165, 1.54) is 18.2 Å². The maximum atomic E-state index is 14.6. The van der Waals surface area contributed by atoms with Crippen molar-refractivity contribution in [3.05, 3.63) is 59.2 Å². The number of hydrogen-bond donors (Lipinski definition) is 3. The highest BCUT2D eigenvalue weighted by Gasteiger charge is 2.29. The summed E-state index contributed by atoms with van der Waals surface area (Å²) in [4.78, 5) is 18.7. The molecule has 10 heteroatoms. The zero-order valence-electron chi connectivity index (χ0n) is 16.6. The van der Waals surface area contributed by atoms with Gasteiger partial charge in [-0.25, -0.2) is 14.1 Å². The van der Waals surface area contributed by atoms with Crippen molar-refractivity contribution in [3.8, 4) is 23.0 Å². The molecule has 0 atom stereocenters. The van der Waals surface area contributed by atoms with E-state index < -0.39 is 5.82 Å². The normalized spacial score (nSPS) is 14.8. The highest BCUT2D eigenvalue weighted by atomic mass is 19.1. The zero-order chi connectivity index (χ0) is 22.1. The molecule has 9 nitrogen and oxygen atoms in total. The van der Waals surface area contributed by atoms with Crippen LogP contribution >= 0.6 is 0 Å². The van der Waals surface area contributed by atoms with Crippen molar-refractivity contribution >= 4 is 11.7 Å². The summed E-state index contributed by atoms with van der Waals surface area (Å²) >= 11 is 0. The number of carbonyl (C=O) groups excluding carboxylic acids is 1. The summed E-state index contributed by atoms with van der Waals surface area (Å²) in [6.07, 6.45) is 1.34. The minimum atomic E-state index is -0.560. The van der Waals surface area contributed by atoms with E-state index in [9.17, 15) is 19.6 Å². The number of rotatable bonds is 3. The summed E-state index contributed by atoms with van der Waals surface area (Å²) in [5.41, 5.74) is 1.83. The van der Waals surface area contributed by atoms with E-state index in [2.05, 4.69) is 15.4 Å². The Morgan fingerprint density at radius 1 is 1.26 bits per heavy atom. The molecule has 0 saturated carbocycles. The molecule has 1 aromatic carbocycles. The molecule has 1 amide bonds. The molecule has 2 aromatic heterocycles. The maximum absolute atomic E-state index is 14.6. The molecule has 3 N–H and O–H groups in total. The molecule has 0 unspecified atom stereocenters. The van der Waals surface area contributed by atoms with Crippen LogP contribution < -0.4 is 10.2 Å². The SMILES string of the molecule is CO.N#Cc1cccc(F)c1-c1cc(-n2ccc(N3CC(O)C3)n2)c2c(n1)CNC2=O. The van der Waals surface area contributed by atoms with Gasteiger partial charge in [-0.1, -0.05) is 6.07 Å². The first-order valence-electron chi connectivity index (χ1n) is 9.50. The van der Waals surface area contributed by atoms with Crippen LogP contribution in [0.15, 0.2) is 36.5 Å². The topological polar surface area (TPSA) is 127 Å². The molecule has 0 aliphatic carbocycles. The van der Waals surface area contributed by atoms with Crippen molar-refractivity contribution < 1.29 is 19.4 Å². The van der Waals surface area contributed by atoms with Crippen LogP contribution in [0.4, 0.5) is 10.2 Å². The van der Waals surface area contributed by atoms with Crippen molar-refractivity contribution in [2.24, 2.45) is 0 Å². The number of aliphatic hydroxyl groups excluding tert-OH is 2. The molecule has 3 aromatic rings. The lowest BCUT2D eigenvalue weighted by molar-refractivity contribution is 0.0965. The predicted molar refractivity (Wildman–Crippen MR) is 109 cm³/mol. The first-order valence-corrected chi connectivity index (χ1v) is 9.50. The average molecular weight is 422 g/mol. The molecule has 158 valence electrons. The van der Waals surface area contributed by atoms with Crippen LogP contribution in [0.1, 0.15) is 21.6 Å². The molecule has 5 rings (SSSR count). The molecule has 0 radical (unpaired) electrons. The number of fused-ring (bicyclic) bond motifs is 1. The van der Waals surface area contributed by atoms with Gasteiger partial charge in [-0.05, 0) is 18.2 Å². The number of pyridine rings is 1. The fraction of sp³-hybridized carbons (Fsp3) is 0.238. The average Bonchev–Trinajstić information content (AvgIpc) is 3.39. The lowest BCUT2D eigenvalue weighted by Gasteiger charge is -2.35. The van der Waals surface area contributed by atoms with Gasteiger partial charge in [0.1, 0.15) is 5.82 Å². The number of hydrogen-bond acceptors (Lipinski definition) is 7. The van der Waals surface area contributed by atoms with Crippen molar-refractivity contribution in [2.75, 3.05) is 25.1 Å². The Hall–Kier alpha value is -3.81. The van der Waals surface area contributed by atoms with E-state index in [1.807, 2.05) is 11.0 Å². The van der Waals surface area contributed by atoms with E-state index in [4.69, 9.17) is 5.11 Å². The standard InChI is InChI=1S/C20H15FN6O2.CH4O/c21-13-3-1-2-11(7-22)18(13)14-6-16(19-15(24-14)8-23-20(19)29)27-5-4-17(25-27)26-9-12(28)10-26;1-2/h1-6,12,28H,8-10H2,(H,23,29);2H,1H3. The number of benzene rings is 1. The summed E-state index contributed by atoms with van der Waals surface area (Å²) in [7, 11) is 1.00. The Morgan fingerprint density at radius 3 is 2.74 bits per heavy atom. The Bertz CT molecular complexity index is 1200. The fourth-order valence-electron chi connectivity index (χ4n) is 3.66. The molecule has 1 fully saturated rings. The van der Waals surface area contributed by atoms with E-state index >= 15 is 0 Å². The molecular formula is C21H19FN6O3. The van der Waals surface area contributed by atoms with Crippen LogP contribution in [-0.2, 0) is 6.54 Å². The summed E-state index contributed by atoms with van der Waals surface area (Å²) in [5.74, 6) is -0.167. The quantitative estimate of drug-likeness (QED) is 0.574. The number of nitriles is 1. The summed E-state index contributed by atoms with van der Waals surface area (Å²) in [6.45, 7) is 1.22. The van der Waals surface area contributed by atoms with E-state index in [1.54, 1.807) is 23.0 Å². The van der Waals surface area contributed by atoms with Gasteiger partial charge in [0.05, 0.1) is 52.5 Å². The number of aromatic nitrogens is 3. The van der Waals surface area contributed by atoms with Crippen LogP contribution in [0.5, 0.6) is 0 Å². The summed E-state index contributed by atoms with van der Waals surface area (Å²) < 4.78 is 16.1. The maximum Gasteiger partial charge on any atom is 0.255 e. The minimum absolute atomic E-state index is 0.0941. The largest absolute Gasteiger partial charge is 0.400 e. The third-order valence-corrected chi connectivity index (χ3v) is 5.12. The van der Waals surface area contributed by atoms with Gasteiger partial charge in [0.2, 0.25) is 0 Å². The number of anilines is 1. The predicted octanol–water partition coefficient (Wildman–Crippen LogP) is 0.978. The second-order valence-electron chi connectivity index (χ2n) is 6.98. The highest BCUT2D eigenvalue weighted by Crippen LogP contribution is 2.31. The Labute approximate surface area is 177 Å². The smallest absolute Gasteiger partial charge is 0.255 e. The van der Waals surface area contributed by atoms with Gasteiger partial charge in [0.25, 0.3) is 5.91 Å². The lowest BCUT2D eigenvalue weighted by atomic mass is 10.0. The highest BCUT2D eigenvalue weighted by molar-refractivity contribution is 6.01. The Morgan fingerprint density at radius 2 is 2.03 bits per heavy atom. The van der Waals surface area contributed by atoms with Crippen LogP contribution in [-0.4, -0.2) is 57.2 Å². The van der Waals surface area contributed by atoms with Crippen molar-refractivity contribution in [2.45, 2.75) is 12.6 Å². The van der Waals surface area contributed by atoms with Gasteiger partial charge in [0.15, 0.2) is 5.82 Å². The van der Waals surface area contributed by atoms with Crippen molar-refractivity contribution in [1.82, 2.24) is 20.1 Å². The minimum Gasteiger partial charge on any atom is -0.400 e. The first-order chi connectivity index (χ1) is 15.0. The number of amides is 1. The number of nitrogens with one attached hydrogen (secondary N) is 1. The first kappa shape index (κ1) is 20.5. The molecule has 0 bridgehead atoms. The van der Waals surface area contributed by atoms with Crippen molar-refractivity contribution in [1.29, 1.82) is 5.26 Å². The molecule has 31 heavy (non-hydrogen) atoms. The van der Waals surface area contributed by atoms with Gasteiger partial charge < -0.3 is 20.4 Å². The van der Waals surface area contributed by atoms with E-state index in [-0.39, 0.29) is 35.4 Å². The number of nitrogens with zero attached hydrogens (tertiary/aromatic N) is 5. The lowest BCUT2D eigenvalue weighted by Crippen LogP contribution is -2.51. The molecule has 2 aliphatic rings. The number of halogens is 1.